The summed E-state index contributed by atoms with van der Waals surface area (Å²) in [5.41, 5.74) is 0.645. The van der Waals surface area contributed by atoms with E-state index in [2.05, 4.69) is 0 Å². The molecule has 1 unspecified atom stereocenters. The topological polar surface area (TPSA) is 119 Å². The third-order valence-electron chi connectivity index (χ3n) is 6.45. The molecule has 2 aliphatic rings. The number of rotatable bonds is 6. The van der Waals surface area contributed by atoms with Crippen LogP contribution in [0.5, 0.6) is 11.5 Å². The summed E-state index contributed by atoms with van der Waals surface area (Å²) in [5, 5.41) is 11.1. The maximum atomic E-state index is 13.1. The Balaban J connectivity index is 1.40. The van der Waals surface area contributed by atoms with Gasteiger partial charge in [-0.05, 0) is 37.5 Å². The smallest absolute Gasteiger partial charge is 0.269 e. The summed E-state index contributed by atoms with van der Waals surface area (Å²) in [7, 11) is -2.06. The molecule has 1 fully saturated rings. The zero-order chi connectivity index (χ0) is 24.5. The SMILES string of the molecule is CC(c1cccc([N+](=O)[O-])c1)N(C)C(=O)C1CCN(S(=O)(=O)c2ccc3c(c2)OCCO3)CC1. The van der Waals surface area contributed by atoms with Crippen LogP contribution in [0.25, 0.3) is 0 Å². The number of hydrogen-bond acceptors (Lipinski definition) is 7. The highest BCUT2D eigenvalue weighted by Crippen LogP contribution is 2.34. The van der Waals surface area contributed by atoms with Gasteiger partial charge < -0.3 is 14.4 Å². The van der Waals surface area contributed by atoms with E-state index in [4.69, 9.17) is 9.47 Å². The number of nitro groups is 1. The zero-order valence-electron chi connectivity index (χ0n) is 19.0. The van der Waals surface area contributed by atoms with Crippen LogP contribution in [0.15, 0.2) is 47.4 Å². The van der Waals surface area contributed by atoms with E-state index in [1.165, 1.54) is 28.6 Å². The van der Waals surface area contributed by atoms with Gasteiger partial charge in [-0.2, -0.15) is 4.31 Å². The summed E-state index contributed by atoms with van der Waals surface area (Å²) in [4.78, 5) is 25.4. The molecular weight excluding hydrogens is 462 g/mol. The molecule has 0 radical (unpaired) electrons. The van der Waals surface area contributed by atoms with Gasteiger partial charge in [-0.3, -0.25) is 14.9 Å². The lowest BCUT2D eigenvalue weighted by Gasteiger charge is -2.34. The number of amides is 1. The molecule has 1 saturated heterocycles. The molecule has 1 atom stereocenters. The predicted molar refractivity (Wildman–Crippen MR) is 123 cm³/mol. The van der Waals surface area contributed by atoms with Crippen LogP contribution < -0.4 is 9.47 Å². The maximum Gasteiger partial charge on any atom is 0.269 e. The average molecular weight is 490 g/mol. The molecule has 1 amide bonds. The molecule has 0 aliphatic carbocycles. The number of sulfonamides is 1. The van der Waals surface area contributed by atoms with Gasteiger partial charge in [0.2, 0.25) is 15.9 Å². The van der Waals surface area contributed by atoms with Crippen molar-refractivity contribution < 1.29 is 27.6 Å². The number of benzene rings is 2. The van der Waals surface area contributed by atoms with Gasteiger partial charge in [-0.1, -0.05) is 12.1 Å². The number of nitrogens with zero attached hydrogens (tertiary/aromatic N) is 3. The molecule has 2 aliphatic heterocycles. The van der Waals surface area contributed by atoms with Crippen LogP contribution in [0.3, 0.4) is 0 Å². The molecule has 2 heterocycles. The van der Waals surface area contributed by atoms with Crippen molar-refractivity contribution in [1.29, 1.82) is 0 Å². The van der Waals surface area contributed by atoms with Gasteiger partial charge in [-0.15, -0.1) is 0 Å². The first-order chi connectivity index (χ1) is 16.2. The Morgan fingerprint density at radius 2 is 1.79 bits per heavy atom. The fourth-order valence-electron chi connectivity index (χ4n) is 4.28. The largest absolute Gasteiger partial charge is 0.486 e. The fraction of sp³-hybridized carbons (Fsp3) is 0.435. The molecule has 4 rings (SSSR count). The van der Waals surface area contributed by atoms with Gasteiger partial charge in [0.25, 0.3) is 5.69 Å². The Labute approximate surface area is 198 Å². The van der Waals surface area contributed by atoms with Crippen molar-refractivity contribution in [1.82, 2.24) is 9.21 Å². The van der Waals surface area contributed by atoms with Gasteiger partial charge in [0.05, 0.1) is 15.9 Å². The molecule has 10 nitrogen and oxygen atoms in total. The van der Waals surface area contributed by atoms with Crippen LogP contribution in [0, 0.1) is 16.0 Å². The molecule has 182 valence electrons. The van der Waals surface area contributed by atoms with Crippen LogP contribution in [-0.4, -0.2) is 61.8 Å². The minimum absolute atomic E-state index is 0.0251. The summed E-state index contributed by atoms with van der Waals surface area (Å²) < 4.78 is 38.6. The fourth-order valence-corrected chi connectivity index (χ4v) is 5.76. The lowest BCUT2D eigenvalue weighted by molar-refractivity contribution is -0.384. The minimum Gasteiger partial charge on any atom is -0.486 e. The van der Waals surface area contributed by atoms with Gasteiger partial charge >= 0.3 is 0 Å². The number of non-ortho nitro benzene ring substituents is 1. The maximum absolute atomic E-state index is 13.1. The quantitative estimate of drug-likeness (QED) is 0.452. The second-order valence-corrected chi connectivity index (χ2v) is 10.4. The van der Waals surface area contributed by atoms with Crippen molar-refractivity contribution in [3.63, 3.8) is 0 Å². The highest BCUT2D eigenvalue weighted by atomic mass is 32.2. The second kappa shape index (κ2) is 9.59. The Kier molecular flexibility index (Phi) is 6.76. The number of ether oxygens (including phenoxy) is 2. The number of hydrogen-bond donors (Lipinski definition) is 0. The highest BCUT2D eigenvalue weighted by molar-refractivity contribution is 7.89. The number of carbonyl (C=O) groups is 1. The average Bonchev–Trinajstić information content (AvgIpc) is 2.87. The standard InChI is InChI=1S/C23H27N3O7S/c1-16(18-4-3-5-19(14-18)26(28)29)24(2)23(27)17-8-10-25(11-9-17)34(30,31)20-6-7-21-22(15-20)33-13-12-32-21/h3-7,14-17H,8-13H2,1-2H3. The van der Waals surface area contributed by atoms with Crippen molar-refractivity contribution in [3.05, 3.63) is 58.1 Å². The molecular formula is C23H27N3O7S. The molecule has 0 aromatic heterocycles. The number of carbonyl (C=O) groups excluding carboxylic acids is 1. The van der Waals surface area contributed by atoms with Crippen LogP contribution in [0.1, 0.15) is 31.4 Å². The third kappa shape index (κ3) is 4.71. The van der Waals surface area contributed by atoms with Gasteiger partial charge in [0, 0.05) is 44.3 Å². The molecule has 0 N–H and O–H groups in total. The highest BCUT2D eigenvalue weighted by Gasteiger charge is 2.35. The molecule has 34 heavy (non-hydrogen) atoms. The van der Waals surface area contributed by atoms with E-state index in [0.29, 0.717) is 43.1 Å². The monoisotopic (exact) mass is 489 g/mol. The van der Waals surface area contributed by atoms with E-state index < -0.39 is 14.9 Å². The summed E-state index contributed by atoms with van der Waals surface area (Å²) in [6.45, 7) is 3.07. The van der Waals surface area contributed by atoms with Crippen molar-refractivity contribution in [2.24, 2.45) is 5.92 Å². The Morgan fingerprint density at radius 3 is 2.47 bits per heavy atom. The third-order valence-corrected chi connectivity index (χ3v) is 8.34. The van der Waals surface area contributed by atoms with E-state index in [9.17, 15) is 23.3 Å². The lowest BCUT2D eigenvalue weighted by atomic mass is 9.95. The summed E-state index contributed by atoms with van der Waals surface area (Å²) >= 11 is 0. The normalized spacial score (nSPS) is 17.7. The first kappa shape index (κ1) is 24.0. The van der Waals surface area contributed by atoms with Crippen molar-refractivity contribution in [3.8, 4) is 11.5 Å². The van der Waals surface area contributed by atoms with E-state index in [1.54, 1.807) is 30.1 Å². The summed E-state index contributed by atoms with van der Waals surface area (Å²) in [6, 6.07) is 10.5. The van der Waals surface area contributed by atoms with Gasteiger partial charge in [0.1, 0.15) is 13.2 Å². The molecule has 11 heteroatoms. The van der Waals surface area contributed by atoms with Crippen LogP contribution in [0.2, 0.25) is 0 Å². The first-order valence-electron chi connectivity index (χ1n) is 11.1. The molecule has 0 bridgehead atoms. The number of piperidine rings is 1. The second-order valence-electron chi connectivity index (χ2n) is 8.46. The van der Waals surface area contributed by atoms with E-state index in [1.807, 2.05) is 6.92 Å². The van der Waals surface area contributed by atoms with Gasteiger partial charge in [0.15, 0.2) is 11.5 Å². The predicted octanol–water partition coefficient (Wildman–Crippen LogP) is 2.99. The number of fused-ring (bicyclic) bond motifs is 1. The van der Waals surface area contributed by atoms with E-state index in [0.717, 1.165) is 0 Å². The molecule has 0 spiro atoms. The van der Waals surface area contributed by atoms with Crippen molar-refractivity contribution >= 4 is 21.6 Å². The zero-order valence-corrected chi connectivity index (χ0v) is 19.9. The number of nitro benzene ring substituents is 1. The molecule has 0 saturated carbocycles. The first-order valence-corrected chi connectivity index (χ1v) is 12.5. The van der Waals surface area contributed by atoms with Crippen molar-refractivity contribution in [2.75, 3.05) is 33.4 Å². The minimum atomic E-state index is -3.73. The molecule has 2 aromatic carbocycles. The Bertz CT molecular complexity index is 1190. The summed E-state index contributed by atoms with van der Waals surface area (Å²) in [5.74, 6) is 0.512. The lowest BCUT2D eigenvalue weighted by Crippen LogP contribution is -2.44. The van der Waals surface area contributed by atoms with Crippen LogP contribution >= 0.6 is 0 Å². The van der Waals surface area contributed by atoms with Gasteiger partial charge in [-0.25, -0.2) is 8.42 Å². The Morgan fingerprint density at radius 1 is 1.12 bits per heavy atom. The van der Waals surface area contributed by atoms with Crippen LogP contribution in [0.4, 0.5) is 5.69 Å². The van der Waals surface area contributed by atoms with E-state index >= 15 is 0 Å². The van der Waals surface area contributed by atoms with E-state index in [-0.39, 0.29) is 41.5 Å². The summed E-state index contributed by atoms with van der Waals surface area (Å²) in [6.07, 6.45) is 0.795. The van der Waals surface area contributed by atoms with Crippen LogP contribution in [-0.2, 0) is 14.8 Å². The molecule has 2 aromatic rings. The van der Waals surface area contributed by atoms with Crippen molar-refractivity contribution in [2.45, 2.75) is 30.7 Å². The Hall–Kier alpha value is -3.18.